The molecule has 0 saturated carbocycles. The number of aliphatic hydroxyl groups excluding tert-OH is 2. The smallest absolute Gasteiger partial charge is 1.00 e. The molecule has 0 bridgehead atoms. The molecule has 6 rings (SSSR count). The van der Waals surface area contributed by atoms with Gasteiger partial charge in [-0.1, -0.05) is 60.7 Å². The number of rotatable bonds is 5. The molecule has 3 amide bonds. The van der Waals surface area contributed by atoms with Crippen molar-refractivity contribution in [1.29, 1.82) is 0 Å². The summed E-state index contributed by atoms with van der Waals surface area (Å²) in [6, 6.07) is 31.7. The summed E-state index contributed by atoms with van der Waals surface area (Å²) in [6.45, 7) is 20.1. The number of carbonyl (C=O) groups excluding carboxylic acids is 4. The summed E-state index contributed by atoms with van der Waals surface area (Å²) in [6.07, 6.45) is 1.31. The maximum Gasteiger partial charge on any atom is 2.00 e. The molecule has 3 aliphatic rings. The molecule has 3 aliphatic heterocycles. The van der Waals surface area contributed by atoms with Crippen molar-refractivity contribution >= 4 is 47.6 Å². The summed E-state index contributed by atoms with van der Waals surface area (Å²) in [7, 11) is 0. The molecule has 62 heavy (non-hydrogen) atoms. The number of ether oxygens (including phenoxy) is 3. The van der Waals surface area contributed by atoms with Crippen molar-refractivity contribution in [3.63, 3.8) is 0 Å². The maximum atomic E-state index is 12.0. The first kappa shape index (κ1) is 56.3. The molecule has 3 saturated heterocycles. The van der Waals surface area contributed by atoms with Crippen LogP contribution in [0.5, 0.6) is 0 Å². The Hall–Kier alpha value is -3.69. The first-order chi connectivity index (χ1) is 28.2. The number of carbonyl (C=O) groups is 4. The van der Waals surface area contributed by atoms with E-state index in [4.69, 9.17) is 14.2 Å². The number of benzene rings is 3. The third-order valence-electron chi connectivity index (χ3n) is 9.60. The van der Waals surface area contributed by atoms with Crippen molar-refractivity contribution in [3.05, 3.63) is 108 Å². The van der Waals surface area contributed by atoms with Gasteiger partial charge >= 0.3 is 41.3 Å². The Kier molecular flexibility index (Phi) is 24.4. The number of halogens is 1. The molecular weight excluding hydrogens is 867 g/mol. The van der Waals surface area contributed by atoms with Crippen molar-refractivity contribution in [1.82, 2.24) is 14.7 Å². The number of amides is 3. The zero-order valence-electron chi connectivity index (χ0n) is 38.2. The fraction of sp³-hybridized carbons (Fsp3) is 0.542. The summed E-state index contributed by atoms with van der Waals surface area (Å²) in [5, 5.41) is 20.7. The van der Waals surface area contributed by atoms with Crippen LogP contribution in [0.2, 0.25) is 0 Å². The predicted molar refractivity (Wildman–Crippen MR) is 238 cm³/mol. The van der Waals surface area contributed by atoms with E-state index in [0.29, 0.717) is 39.3 Å². The standard InChI is InChI=1S/2C16H23NO3.C10H17NO3.C6H5.BrH.Mg/c2*1-16(2,3)20-15(19)17-10-9-13(11-17)14(18)12-7-5-4-6-8-12;1-10(2,3)14-9(13)11-5-4-8(6-11)7-12;1-2-4-6-5-3-1;;/h2*4-8,13-14,18H,9-11H2,1-3H3;7-8H,4-6H2,1-3H3;1-5H;1H;/q;;;-1;;+2/p-1/t13-,14+;13-,14-;8-;;;/m111.../s1. The van der Waals surface area contributed by atoms with Gasteiger partial charge in [-0.2, -0.15) is 36.4 Å². The molecule has 3 aromatic carbocycles. The molecule has 0 aliphatic carbocycles. The zero-order valence-corrected chi connectivity index (χ0v) is 41.2. The van der Waals surface area contributed by atoms with Crippen LogP contribution in [0.15, 0.2) is 91.0 Å². The fourth-order valence-corrected chi connectivity index (χ4v) is 6.65. The van der Waals surface area contributed by atoms with Crippen LogP contribution in [0.25, 0.3) is 0 Å². The molecule has 3 fully saturated rings. The molecule has 0 aromatic heterocycles. The fourth-order valence-electron chi connectivity index (χ4n) is 6.65. The predicted octanol–water partition coefficient (Wildman–Crippen LogP) is 5.51. The van der Waals surface area contributed by atoms with Crippen molar-refractivity contribution in [3.8, 4) is 0 Å². The first-order valence-corrected chi connectivity index (χ1v) is 20.9. The Morgan fingerprint density at radius 1 is 0.581 bits per heavy atom. The van der Waals surface area contributed by atoms with Crippen LogP contribution in [-0.4, -0.2) is 129 Å². The minimum atomic E-state index is -0.524. The second kappa shape index (κ2) is 26.8. The van der Waals surface area contributed by atoms with E-state index < -0.39 is 29.0 Å². The quantitative estimate of drug-likeness (QED) is 0.147. The number of nitrogens with zero attached hydrogens (tertiary/aromatic N) is 3. The van der Waals surface area contributed by atoms with Crippen molar-refractivity contribution in [2.45, 2.75) is 111 Å². The third-order valence-corrected chi connectivity index (χ3v) is 9.60. The SMILES string of the molecule is CC(C)(C)OC(=O)N1CC[C@@H](C=O)C1.CC(C)(C)OC(=O)N1CC[C@@H]([C@@H](O)c2ccccc2)C1.CC(C)(C)OC(=O)N1CC[C@@H]([C@H](O)c2ccccc2)C1.[Br-].[Mg+2].[c-]1ccccc1. The molecule has 3 aromatic rings. The minimum absolute atomic E-state index is 0. The van der Waals surface area contributed by atoms with Gasteiger partial charge in [0.05, 0.1) is 12.2 Å². The molecular formula is C48H68BrMgN3O9. The molecule has 0 spiro atoms. The summed E-state index contributed by atoms with van der Waals surface area (Å²) in [5.41, 5.74) is 0.392. The Labute approximate surface area is 396 Å². The van der Waals surface area contributed by atoms with Crippen LogP contribution in [-0.2, 0) is 19.0 Å². The van der Waals surface area contributed by atoms with Gasteiger partial charge in [-0.3, -0.25) is 0 Å². The number of aliphatic hydroxyl groups is 2. The van der Waals surface area contributed by atoms with E-state index in [0.717, 1.165) is 36.7 Å². The first-order valence-electron chi connectivity index (χ1n) is 20.9. The van der Waals surface area contributed by atoms with Crippen LogP contribution in [0.4, 0.5) is 14.4 Å². The van der Waals surface area contributed by atoms with Gasteiger partial charge in [0.2, 0.25) is 0 Å². The Morgan fingerprint density at radius 2 is 0.903 bits per heavy atom. The third kappa shape index (κ3) is 21.1. The monoisotopic (exact) mass is 933 g/mol. The molecule has 5 atom stereocenters. The van der Waals surface area contributed by atoms with Crippen LogP contribution in [0.3, 0.4) is 0 Å². The number of hydrogen-bond acceptors (Lipinski definition) is 9. The molecule has 12 nitrogen and oxygen atoms in total. The maximum absolute atomic E-state index is 12.0. The zero-order chi connectivity index (χ0) is 44.5. The van der Waals surface area contributed by atoms with E-state index in [1.807, 2.05) is 153 Å². The summed E-state index contributed by atoms with van der Waals surface area (Å²) in [5.74, 6) is 0.136. The Bertz CT molecular complexity index is 1620. The molecule has 0 radical (unpaired) electrons. The van der Waals surface area contributed by atoms with E-state index >= 15 is 0 Å². The van der Waals surface area contributed by atoms with Gasteiger partial charge < -0.3 is 60.9 Å². The van der Waals surface area contributed by atoms with Gasteiger partial charge in [-0.25, -0.2) is 14.4 Å². The van der Waals surface area contributed by atoms with E-state index in [1.165, 1.54) is 0 Å². The van der Waals surface area contributed by atoms with E-state index in [9.17, 15) is 29.4 Å². The largest absolute Gasteiger partial charge is 2.00 e. The average molecular weight is 935 g/mol. The van der Waals surface area contributed by atoms with Gasteiger partial charge in [0, 0.05) is 57.0 Å². The van der Waals surface area contributed by atoms with Gasteiger partial charge in [0.1, 0.15) is 23.1 Å². The van der Waals surface area contributed by atoms with Crippen LogP contribution < -0.4 is 17.0 Å². The average Bonchev–Trinajstić information content (AvgIpc) is 4.00. The van der Waals surface area contributed by atoms with Crippen LogP contribution in [0.1, 0.15) is 105 Å². The van der Waals surface area contributed by atoms with E-state index in [2.05, 4.69) is 6.07 Å². The van der Waals surface area contributed by atoms with Crippen molar-refractivity contribution < 1.29 is 60.6 Å². The molecule has 338 valence electrons. The number of aldehydes is 1. The number of hydrogen-bond donors (Lipinski definition) is 2. The van der Waals surface area contributed by atoms with Gasteiger partial charge in [0.15, 0.2) is 0 Å². The summed E-state index contributed by atoms with van der Waals surface area (Å²) in [4.78, 5) is 50.9. The van der Waals surface area contributed by atoms with Crippen molar-refractivity contribution in [2.24, 2.45) is 17.8 Å². The minimum Gasteiger partial charge on any atom is -1.00 e. The van der Waals surface area contributed by atoms with Crippen molar-refractivity contribution in [2.75, 3.05) is 39.3 Å². The summed E-state index contributed by atoms with van der Waals surface area (Å²) < 4.78 is 15.9. The second-order valence-electron chi connectivity index (χ2n) is 18.3. The topological polar surface area (TPSA) is 146 Å². The Morgan fingerprint density at radius 3 is 1.18 bits per heavy atom. The van der Waals surface area contributed by atoms with E-state index in [1.54, 1.807) is 14.7 Å². The van der Waals surface area contributed by atoms with Gasteiger partial charge in [-0.05, 0) is 92.7 Å². The Balaban J connectivity index is 0.000000434. The van der Waals surface area contributed by atoms with Gasteiger partial charge in [-0.15, -0.1) is 0 Å². The molecule has 14 heteroatoms. The van der Waals surface area contributed by atoms with Crippen LogP contribution in [0, 0.1) is 23.8 Å². The van der Waals surface area contributed by atoms with E-state index in [-0.39, 0.29) is 76.1 Å². The normalized spacial score (nSPS) is 19.2. The molecule has 2 N–H and O–H groups in total. The summed E-state index contributed by atoms with van der Waals surface area (Å²) >= 11 is 0. The number of likely N-dealkylation sites (tertiary alicyclic amines) is 3. The second-order valence-corrected chi connectivity index (χ2v) is 18.3. The molecule has 0 unspecified atom stereocenters. The van der Waals surface area contributed by atoms with Gasteiger partial charge in [0.25, 0.3) is 0 Å². The van der Waals surface area contributed by atoms with Crippen LogP contribution >= 0.6 is 0 Å². The molecule has 3 heterocycles.